The number of amides is 1. The number of imidazole rings is 1. The van der Waals surface area contributed by atoms with E-state index in [1.165, 1.54) is 0 Å². The van der Waals surface area contributed by atoms with Gasteiger partial charge in [-0.25, -0.2) is 4.98 Å². The Kier molecular flexibility index (Phi) is 6.22. The third kappa shape index (κ3) is 4.65. The van der Waals surface area contributed by atoms with Gasteiger partial charge in [-0.2, -0.15) is 0 Å². The number of hydrogen-bond acceptors (Lipinski definition) is 4. The van der Waals surface area contributed by atoms with Crippen molar-refractivity contribution in [3.05, 3.63) is 83.9 Å². The second kappa shape index (κ2) is 8.99. The molecule has 0 saturated heterocycles. The number of rotatable bonds is 8. The number of hydrogen-bond donors (Lipinski definition) is 1. The Balaban J connectivity index is 1.73. The van der Waals surface area contributed by atoms with Crippen LogP contribution in [0.15, 0.2) is 67.0 Å². The smallest absolute Gasteiger partial charge is 0.221 e. The molecule has 0 unspecified atom stereocenters. The Morgan fingerprint density at radius 1 is 1.11 bits per heavy atom. The van der Waals surface area contributed by atoms with Crippen molar-refractivity contribution in [1.29, 1.82) is 0 Å². The van der Waals surface area contributed by atoms with Gasteiger partial charge in [-0.15, -0.1) is 0 Å². The van der Waals surface area contributed by atoms with Crippen LogP contribution < -0.4 is 10.1 Å². The van der Waals surface area contributed by atoms with Crippen LogP contribution in [0.1, 0.15) is 40.6 Å². The molecule has 28 heavy (non-hydrogen) atoms. The van der Waals surface area contributed by atoms with Crippen molar-refractivity contribution < 1.29 is 14.3 Å². The first-order valence-electron chi connectivity index (χ1n) is 9.07. The second-order valence-corrected chi connectivity index (χ2v) is 6.46. The van der Waals surface area contributed by atoms with Gasteiger partial charge >= 0.3 is 0 Å². The molecule has 1 amide bonds. The molecule has 0 aliphatic rings. The third-order valence-corrected chi connectivity index (χ3v) is 4.52. The monoisotopic (exact) mass is 377 g/mol. The Morgan fingerprint density at radius 2 is 1.89 bits per heavy atom. The largest absolute Gasteiger partial charge is 0.497 e. The molecule has 0 radical (unpaired) electrons. The van der Waals surface area contributed by atoms with Gasteiger partial charge < -0.3 is 14.6 Å². The van der Waals surface area contributed by atoms with E-state index in [-0.39, 0.29) is 24.5 Å². The van der Waals surface area contributed by atoms with E-state index in [4.69, 9.17) is 4.74 Å². The first-order valence-corrected chi connectivity index (χ1v) is 9.07. The number of carbonyl (C=O) groups is 2. The molecular weight excluding hydrogens is 354 g/mol. The number of methoxy groups -OCH3 is 1. The van der Waals surface area contributed by atoms with Crippen LogP contribution in [-0.2, 0) is 11.8 Å². The molecule has 0 spiro atoms. The lowest BCUT2D eigenvalue weighted by molar-refractivity contribution is -0.121. The molecule has 3 rings (SSSR count). The highest BCUT2D eigenvalue weighted by atomic mass is 16.5. The predicted molar refractivity (Wildman–Crippen MR) is 106 cm³/mol. The van der Waals surface area contributed by atoms with E-state index in [1.54, 1.807) is 25.4 Å². The minimum absolute atomic E-state index is 0.0503. The highest BCUT2D eigenvalue weighted by Crippen LogP contribution is 2.24. The fourth-order valence-corrected chi connectivity index (χ4v) is 3.00. The maximum Gasteiger partial charge on any atom is 0.221 e. The highest BCUT2D eigenvalue weighted by Gasteiger charge is 2.21. The summed E-state index contributed by atoms with van der Waals surface area (Å²) in [6, 6.07) is 16.1. The number of Topliss-reactive ketones (excluding diaryl/α,β-unsaturated/α-hetero) is 1. The van der Waals surface area contributed by atoms with E-state index in [0.29, 0.717) is 17.1 Å². The lowest BCUT2D eigenvalue weighted by atomic mass is 10.0. The number of ether oxygens (including phenoxy) is 1. The van der Waals surface area contributed by atoms with Gasteiger partial charge in [0, 0.05) is 37.8 Å². The van der Waals surface area contributed by atoms with Crippen LogP contribution in [0.3, 0.4) is 0 Å². The molecule has 0 fully saturated rings. The number of aryl methyl sites for hydroxylation is 1. The molecule has 0 aliphatic heterocycles. The van der Waals surface area contributed by atoms with Crippen molar-refractivity contribution in [1.82, 2.24) is 14.9 Å². The number of nitrogens with zero attached hydrogens (tertiary/aromatic N) is 2. The number of benzene rings is 2. The summed E-state index contributed by atoms with van der Waals surface area (Å²) in [5.74, 6) is 1.15. The van der Waals surface area contributed by atoms with E-state index in [2.05, 4.69) is 10.3 Å². The van der Waals surface area contributed by atoms with Crippen LogP contribution >= 0.6 is 0 Å². The average Bonchev–Trinajstić information content (AvgIpc) is 3.16. The quantitative estimate of drug-likeness (QED) is 0.612. The maximum absolute atomic E-state index is 12.6. The van der Waals surface area contributed by atoms with Gasteiger partial charge in [0.2, 0.25) is 5.91 Å². The maximum atomic E-state index is 12.6. The normalized spacial score (nSPS) is 11.6. The molecule has 1 N–H and O–H groups in total. The van der Waals surface area contributed by atoms with Crippen molar-refractivity contribution in [3.8, 4) is 5.75 Å². The predicted octanol–water partition coefficient (Wildman–Crippen LogP) is 3.30. The zero-order chi connectivity index (χ0) is 19.9. The SMILES string of the molecule is COc1cccc([C@H](NC(=O)CCC(=O)c2ccccc2)c2nccn2C)c1. The number of nitrogens with one attached hydrogen (secondary N) is 1. The summed E-state index contributed by atoms with van der Waals surface area (Å²) in [6.07, 6.45) is 3.78. The minimum atomic E-state index is -0.436. The van der Waals surface area contributed by atoms with Crippen LogP contribution in [0.2, 0.25) is 0 Å². The van der Waals surface area contributed by atoms with E-state index in [1.807, 2.05) is 60.3 Å². The fourth-order valence-electron chi connectivity index (χ4n) is 3.00. The Hall–Kier alpha value is -3.41. The zero-order valence-electron chi connectivity index (χ0n) is 16.0. The van der Waals surface area contributed by atoms with E-state index >= 15 is 0 Å². The van der Waals surface area contributed by atoms with Crippen molar-refractivity contribution in [2.75, 3.05) is 7.11 Å². The Bertz CT molecular complexity index is 950. The van der Waals surface area contributed by atoms with Crippen LogP contribution in [0, 0.1) is 0 Å². The summed E-state index contributed by atoms with van der Waals surface area (Å²) >= 11 is 0. The Morgan fingerprint density at radius 3 is 2.57 bits per heavy atom. The summed E-state index contributed by atoms with van der Waals surface area (Å²) in [6.45, 7) is 0. The molecule has 1 aromatic heterocycles. The molecule has 0 saturated carbocycles. The van der Waals surface area contributed by atoms with Crippen molar-refractivity contribution in [3.63, 3.8) is 0 Å². The average molecular weight is 377 g/mol. The number of ketones is 1. The Labute approximate surface area is 164 Å². The molecule has 6 nitrogen and oxygen atoms in total. The molecule has 6 heteroatoms. The van der Waals surface area contributed by atoms with Gasteiger partial charge in [0.25, 0.3) is 0 Å². The van der Waals surface area contributed by atoms with Gasteiger partial charge in [0.05, 0.1) is 7.11 Å². The molecule has 1 atom stereocenters. The van der Waals surface area contributed by atoms with Gasteiger partial charge in [-0.1, -0.05) is 42.5 Å². The molecule has 0 aliphatic carbocycles. The lowest BCUT2D eigenvalue weighted by Crippen LogP contribution is -2.31. The summed E-state index contributed by atoms with van der Waals surface area (Å²) in [5, 5.41) is 3.00. The molecule has 3 aromatic rings. The minimum Gasteiger partial charge on any atom is -0.497 e. The molecule has 1 heterocycles. The number of aromatic nitrogens is 2. The number of carbonyl (C=O) groups excluding carboxylic acids is 2. The van der Waals surface area contributed by atoms with Crippen LogP contribution in [0.25, 0.3) is 0 Å². The first-order chi connectivity index (χ1) is 13.6. The van der Waals surface area contributed by atoms with Gasteiger partial charge in [0.15, 0.2) is 5.78 Å². The second-order valence-electron chi connectivity index (χ2n) is 6.46. The summed E-state index contributed by atoms with van der Waals surface area (Å²) in [7, 11) is 3.48. The molecule has 0 bridgehead atoms. The summed E-state index contributed by atoms with van der Waals surface area (Å²) < 4.78 is 7.16. The van der Waals surface area contributed by atoms with Gasteiger partial charge in [-0.05, 0) is 17.7 Å². The third-order valence-electron chi connectivity index (χ3n) is 4.52. The highest BCUT2D eigenvalue weighted by molar-refractivity contribution is 5.97. The molecule has 144 valence electrons. The van der Waals surface area contributed by atoms with E-state index in [0.717, 1.165) is 5.56 Å². The summed E-state index contributed by atoms with van der Waals surface area (Å²) in [4.78, 5) is 29.2. The standard InChI is InChI=1S/C22H23N3O3/c1-25-14-13-23-22(25)21(17-9-6-10-18(15-17)28-2)24-20(27)12-11-19(26)16-7-4-3-5-8-16/h3-10,13-15,21H,11-12H2,1-2H3,(H,24,27)/t21-/m0/s1. The van der Waals surface area contributed by atoms with E-state index < -0.39 is 6.04 Å². The van der Waals surface area contributed by atoms with Gasteiger partial charge in [-0.3, -0.25) is 9.59 Å². The topological polar surface area (TPSA) is 73.2 Å². The summed E-state index contributed by atoms with van der Waals surface area (Å²) in [5.41, 5.74) is 1.47. The van der Waals surface area contributed by atoms with E-state index in [9.17, 15) is 9.59 Å². The van der Waals surface area contributed by atoms with Crippen LogP contribution in [0.4, 0.5) is 0 Å². The molecular formula is C22H23N3O3. The lowest BCUT2D eigenvalue weighted by Gasteiger charge is -2.19. The first kappa shape index (κ1) is 19.4. The fraction of sp³-hybridized carbons (Fsp3) is 0.227. The van der Waals surface area contributed by atoms with Crippen LogP contribution in [-0.4, -0.2) is 28.4 Å². The van der Waals surface area contributed by atoms with Crippen molar-refractivity contribution in [2.45, 2.75) is 18.9 Å². The van der Waals surface area contributed by atoms with Crippen molar-refractivity contribution >= 4 is 11.7 Å². The molecule has 2 aromatic carbocycles. The zero-order valence-corrected chi connectivity index (χ0v) is 16.0. The van der Waals surface area contributed by atoms with Crippen molar-refractivity contribution in [2.24, 2.45) is 7.05 Å². The van der Waals surface area contributed by atoms with Gasteiger partial charge in [0.1, 0.15) is 17.6 Å². The van der Waals surface area contributed by atoms with Crippen LogP contribution in [0.5, 0.6) is 5.75 Å².